The van der Waals surface area contributed by atoms with E-state index in [4.69, 9.17) is 0 Å². The van der Waals surface area contributed by atoms with Crippen LogP contribution in [0.3, 0.4) is 0 Å². The van der Waals surface area contributed by atoms with Gasteiger partial charge in [-0.15, -0.1) is 0 Å². The highest BCUT2D eigenvalue weighted by molar-refractivity contribution is 5.86. The van der Waals surface area contributed by atoms with E-state index in [9.17, 15) is 40.3 Å². The van der Waals surface area contributed by atoms with Crippen LogP contribution in [0.15, 0.2) is 52.6 Å². The first-order chi connectivity index (χ1) is 19.2. The predicted molar refractivity (Wildman–Crippen MR) is 131 cm³/mol. The number of nitrogens with one attached hydrogen (secondary N) is 2. The molecular formula is C25H20F8N6O2. The molecule has 8 nitrogen and oxygen atoms in total. The number of anilines is 1. The summed E-state index contributed by atoms with van der Waals surface area (Å²) in [7, 11) is 0. The molecule has 0 saturated carbocycles. The number of nitrogens with zero attached hydrogens (tertiary/aromatic N) is 4. The maximum atomic E-state index is 15.0. The van der Waals surface area contributed by atoms with Crippen molar-refractivity contribution in [3.05, 3.63) is 80.6 Å². The number of aromatic amines is 1. The van der Waals surface area contributed by atoms with Gasteiger partial charge in [0.25, 0.3) is 11.1 Å². The van der Waals surface area contributed by atoms with E-state index >= 15 is 4.39 Å². The molecule has 0 radical (unpaired) electrons. The van der Waals surface area contributed by atoms with Crippen LogP contribution in [-0.4, -0.2) is 36.9 Å². The van der Waals surface area contributed by atoms with Gasteiger partial charge in [-0.2, -0.15) is 31.4 Å². The van der Waals surface area contributed by atoms with E-state index in [2.05, 4.69) is 20.4 Å². The van der Waals surface area contributed by atoms with Crippen molar-refractivity contribution in [3.8, 4) is 11.4 Å². The summed E-state index contributed by atoms with van der Waals surface area (Å²) in [5.41, 5.74) is -5.74. The molecule has 4 rings (SSSR count). The average molecular weight is 588 g/mol. The van der Waals surface area contributed by atoms with Crippen molar-refractivity contribution in [1.82, 2.24) is 24.7 Å². The van der Waals surface area contributed by atoms with Crippen LogP contribution in [-0.2, 0) is 18.9 Å². The highest BCUT2D eigenvalue weighted by Gasteiger charge is 2.38. The number of rotatable bonds is 8. The minimum atomic E-state index is -4.99. The second kappa shape index (κ2) is 11.2. The number of benzene rings is 1. The van der Waals surface area contributed by atoms with Crippen molar-refractivity contribution in [3.63, 3.8) is 0 Å². The zero-order valence-electron chi connectivity index (χ0n) is 20.9. The molecule has 0 aliphatic rings. The van der Waals surface area contributed by atoms with Gasteiger partial charge in [-0.05, 0) is 30.0 Å². The Morgan fingerprint density at radius 1 is 1.02 bits per heavy atom. The van der Waals surface area contributed by atoms with Gasteiger partial charge in [0.2, 0.25) is 0 Å². The van der Waals surface area contributed by atoms with Gasteiger partial charge in [0, 0.05) is 31.1 Å². The molecule has 0 bridgehead atoms. The molecule has 0 fully saturated rings. The minimum absolute atomic E-state index is 0.151. The fraction of sp³-hybridized carbons (Fsp3) is 0.320. The quantitative estimate of drug-likeness (QED) is 0.270. The first-order valence-electron chi connectivity index (χ1n) is 12.0. The molecule has 0 amide bonds. The van der Waals surface area contributed by atoms with Gasteiger partial charge >= 0.3 is 12.4 Å². The monoisotopic (exact) mass is 588 g/mol. The maximum Gasteiger partial charge on any atom is 0.423 e. The highest BCUT2D eigenvalue weighted by atomic mass is 19.4. The molecule has 0 aliphatic heterocycles. The van der Waals surface area contributed by atoms with Crippen LogP contribution in [0.1, 0.15) is 30.9 Å². The average Bonchev–Trinajstić information content (AvgIpc) is 2.89. The molecule has 16 heteroatoms. The van der Waals surface area contributed by atoms with Gasteiger partial charge in [0.1, 0.15) is 17.6 Å². The van der Waals surface area contributed by atoms with Gasteiger partial charge in [-0.25, -0.2) is 23.8 Å². The molecule has 1 aromatic carbocycles. The van der Waals surface area contributed by atoms with Crippen LogP contribution in [0.25, 0.3) is 22.2 Å². The molecule has 0 unspecified atom stereocenters. The lowest BCUT2D eigenvalue weighted by atomic mass is 10.1. The summed E-state index contributed by atoms with van der Waals surface area (Å²) in [4.78, 5) is 31.7. The zero-order valence-corrected chi connectivity index (χ0v) is 20.9. The van der Waals surface area contributed by atoms with Crippen molar-refractivity contribution >= 4 is 16.5 Å². The summed E-state index contributed by atoms with van der Waals surface area (Å²) in [6.07, 6.45) is -8.59. The van der Waals surface area contributed by atoms with Crippen LogP contribution >= 0.6 is 0 Å². The van der Waals surface area contributed by atoms with Gasteiger partial charge in [-0.1, -0.05) is 6.92 Å². The molecule has 41 heavy (non-hydrogen) atoms. The van der Waals surface area contributed by atoms with E-state index in [1.807, 2.05) is 0 Å². The Bertz CT molecular complexity index is 1660. The van der Waals surface area contributed by atoms with Crippen molar-refractivity contribution in [2.24, 2.45) is 0 Å². The standard InChI is InChI=1S/C25H20F8N6O2/c1-2-15(37-19-10-36-38-22(40)20(19)25(31,32)33)6-14(26)11-39-4-3-12-5-17(18(27)7-16(12)23(39)41)21-34-8-13(9-35-21)24(28,29)30/h3-5,7-10,14-15H,2,6,11H2,1H3,(H2,37,38,40)/t14-,15-/m0/s1. The molecule has 0 spiro atoms. The van der Waals surface area contributed by atoms with Gasteiger partial charge in [-0.3, -0.25) is 9.59 Å². The topological polar surface area (TPSA) is 106 Å². The molecule has 0 aliphatic carbocycles. The number of hydrogen-bond acceptors (Lipinski definition) is 6. The van der Waals surface area contributed by atoms with Crippen LogP contribution in [0.5, 0.6) is 0 Å². The number of pyridine rings is 1. The third-order valence-corrected chi connectivity index (χ3v) is 6.21. The molecular weight excluding hydrogens is 568 g/mol. The van der Waals surface area contributed by atoms with Crippen molar-refractivity contribution in [2.45, 2.75) is 50.9 Å². The summed E-state index contributed by atoms with van der Waals surface area (Å²) in [5, 5.41) is 7.59. The Kier molecular flexibility index (Phi) is 8.12. The largest absolute Gasteiger partial charge is 0.423 e. The zero-order chi connectivity index (χ0) is 30.1. The SMILES string of the molecule is CC[C@@H](C[C@H](F)Cn1ccc2cc(-c3ncc(C(F)(F)F)cn3)c(F)cc2c1=O)Nc1cn[nH]c(=O)c1C(F)(F)F. The Balaban J connectivity index is 1.54. The Hall–Kier alpha value is -4.37. The summed E-state index contributed by atoms with van der Waals surface area (Å²) in [6, 6.07) is 2.52. The Labute approximate surface area is 225 Å². The van der Waals surface area contributed by atoms with Gasteiger partial charge < -0.3 is 9.88 Å². The van der Waals surface area contributed by atoms with Crippen molar-refractivity contribution in [1.29, 1.82) is 0 Å². The normalized spacial score (nSPS) is 13.8. The summed E-state index contributed by atoms with van der Waals surface area (Å²) >= 11 is 0. The first kappa shape index (κ1) is 29.6. The van der Waals surface area contributed by atoms with E-state index in [1.54, 1.807) is 12.0 Å². The van der Waals surface area contributed by atoms with E-state index in [1.165, 1.54) is 18.3 Å². The summed E-state index contributed by atoms with van der Waals surface area (Å²) < 4.78 is 109. The van der Waals surface area contributed by atoms with Crippen LogP contribution in [0, 0.1) is 5.82 Å². The molecule has 0 saturated heterocycles. The second-order valence-electron chi connectivity index (χ2n) is 9.05. The molecule has 218 valence electrons. The number of aromatic nitrogens is 5. The number of H-pyrrole nitrogens is 1. The fourth-order valence-electron chi connectivity index (χ4n) is 4.17. The molecule has 2 N–H and O–H groups in total. The minimum Gasteiger partial charge on any atom is -0.380 e. The third-order valence-electron chi connectivity index (χ3n) is 6.21. The van der Waals surface area contributed by atoms with E-state index in [0.717, 1.165) is 16.8 Å². The van der Waals surface area contributed by atoms with Crippen LogP contribution in [0.4, 0.5) is 40.8 Å². The third kappa shape index (κ3) is 6.52. The van der Waals surface area contributed by atoms with E-state index in [-0.39, 0.29) is 35.0 Å². The summed E-state index contributed by atoms with van der Waals surface area (Å²) in [5.74, 6) is -1.33. The fourth-order valence-corrected chi connectivity index (χ4v) is 4.17. The van der Waals surface area contributed by atoms with Crippen LogP contribution < -0.4 is 16.4 Å². The second-order valence-corrected chi connectivity index (χ2v) is 9.05. The Morgan fingerprint density at radius 3 is 2.32 bits per heavy atom. The number of fused-ring (bicyclic) bond motifs is 1. The Morgan fingerprint density at radius 2 is 1.71 bits per heavy atom. The summed E-state index contributed by atoms with van der Waals surface area (Å²) in [6.45, 7) is 1.07. The maximum absolute atomic E-state index is 15.0. The smallest absolute Gasteiger partial charge is 0.380 e. The lowest BCUT2D eigenvalue weighted by molar-refractivity contribution is -0.139. The first-order valence-corrected chi connectivity index (χ1v) is 12.0. The molecule has 2 atom stereocenters. The van der Waals surface area contributed by atoms with E-state index < -0.39 is 64.9 Å². The van der Waals surface area contributed by atoms with Crippen molar-refractivity contribution < 1.29 is 35.1 Å². The lowest BCUT2D eigenvalue weighted by Gasteiger charge is -2.22. The molecule has 3 heterocycles. The number of alkyl halides is 7. The number of halogens is 8. The van der Waals surface area contributed by atoms with Crippen LogP contribution in [0.2, 0.25) is 0 Å². The van der Waals surface area contributed by atoms with E-state index in [0.29, 0.717) is 12.4 Å². The molecule has 4 aromatic rings. The van der Waals surface area contributed by atoms with Gasteiger partial charge in [0.05, 0.1) is 34.9 Å². The molecule has 3 aromatic heterocycles. The predicted octanol–water partition coefficient (Wildman–Crippen LogP) is 5.34. The highest BCUT2D eigenvalue weighted by Crippen LogP contribution is 2.32. The van der Waals surface area contributed by atoms with Crippen molar-refractivity contribution in [2.75, 3.05) is 5.32 Å². The number of hydrogen-bond donors (Lipinski definition) is 2. The van der Waals surface area contributed by atoms with Gasteiger partial charge in [0.15, 0.2) is 5.82 Å². The lowest BCUT2D eigenvalue weighted by Crippen LogP contribution is -2.31.